The normalized spacial score (nSPS) is 21.8. The zero-order valence-electron chi connectivity index (χ0n) is 15.8. The van der Waals surface area contributed by atoms with Crippen LogP contribution in [0.25, 0.3) is 0 Å². The fraction of sp³-hybridized carbons (Fsp3) is 0.889. The molecule has 0 aliphatic heterocycles. The van der Waals surface area contributed by atoms with Gasteiger partial charge in [0.2, 0.25) is 0 Å². The smallest absolute Gasteiger partial charge is 0.431 e. The molecule has 0 spiro atoms. The Kier molecular flexibility index (Phi) is 7.36. The van der Waals surface area contributed by atoms with Gasteiger partial charge in [0.05, 0.1) is 0 Å². The third-order valence-corrected chi connectivity index (χ3v) is 4.53. The molecule has 6 nitrogen and oxygen atoms in total. The van der Waals surface area contributed by atoms with E-state index >= 15 is 0 Å². The lowest BCUT2D eigenvalue weighted by Crippen LogP contribution is -2.35. The molecule has 0 amide bonds. The minimum Gasteiger partial charge on any atom is -0.431 e. The zero-order chi connectivity index (χ0) is 18.4. The largest absolute Gasteiger partial charge is 0.509 e. The molecule has 140 valence electrons. The van der Waals surface area contributed by atoms with Gasteiger partial charge in [-0.2, -0.15) is 0 Å². The molecular weight excluding hydrogens is 312 g/mol. The third-order valence-electron chi connectivity index (χ3n) is 4.53. The number of hydrogen-bond acceptors (Lipinski definition) is 6. The van der Waals surface area contributed by atoms with E-state index in [1.807, 2.05) is 41.5 Å². The summed E-state index contributed by atoms with van der Waals surface area (Å²) in [6.07, 6.45) is 2.28. The molecule has 1 aliphatic rings. The number of carbonyl (C=O) groups excluding carboxylic acids is 2. The van der Waals surface area contributed by atoms with Crippen LogP contribution in [0, 0.1) is 0 Å². The van der Waals surface area contributed by atoms with Crippen LogP contribution in [-0.4, -0.2) is 35.7 Å². The Bertz CT molecular complexity index is 391. The van der Waals surface area contributed by atoms with E-state index < -0.39 is 23.5 Å². The van der Waals surface area contributed by atoms with Crippen molar-refractivity contribution in [1.82, 2.24) is 0 Å². The first-order valence-electron chi connectivity index (χ1n) is 8.86. The molecule has 1 aliphatic carbocycles. The molecular formula is C18H32O6. The maximum atomic E-state index is 11.9. The first-order chi connectivity index (χ1) is 11.1. The van der Waals surface area contributed by atoms with Gasteiger partial charge in [0.25, 0.3) is 0 Å². The van der Waals surface area contributed by atoms with Crippen molar-refractivity contribution < 1.29 is 28.5 Å². The average molecular weight is 344 g/mol. The van der Waals surface area contributed by atoms with Gasteiger partial charge in [-0.3, -0.25) is 0 Å². The summed E-state index contributed by atoms with van der Waals surface area (Å²) in [7, 11) is 0. The second kappa shape index (κ2) is 8.58. The van der Waals surface area contributed by atoms with E-state index in [1.165, 1.54) is 0 Å². The van der Waals surface area contributed by atoms with E-state index in [2.05, 4.69) is 0 Å². The van der Waals surface area contributed by atoms with Crippen LogP contribution in [0.1, 0.15) is 80.1 Å². The molecule has 0 bridgehead atoms. The molecule has 0 aromatic rings. The summed E-state index contributed by atoms with van der Waals surface area (Å²) in [5.74, 6) is 0. The van der Waals surface area contributed by atoms with E-state index in [0.29, 0.717) is 19.3 Å². The lowest BCUT2D eigenvalue weighted by Gasteiger charge is -2.31. The SMILES string of the molecule is CCC(C)(C)OC(=O)OC1CCCC(OC(=O)OC(C)(C)CC)C1. The van der Waals surface area contributed by atoms with Crippen molar-refractivity contribution in [3.8, 4) is 0 Å². The molecule has 6 heteroatoms. The summed E-state index contributed by atoms with van der Waals surface area (Å²) in [4.78, 5) is 23.7. The van der Waals surface area contributed by atoms with Crippen LogP contribution in [0.5, 0.6) is 0 Å². The van der Waals surface area contributed by atoms with Gasteiger partial charge in [0.1, 0.15) is 23.4 Å². The molecule has 0 N–H and O–H groups in total. The Hall–Kier alpha value is -1.46. The topological polar surface area (TPSA) is 71.1 Å². The van der Waals surface area contributed by atoms with Crippen LogP contribution in [0.4, 0.5) is 9.59 Å². The molecule has 0 heterocycles. The van der Waals surface area contributed by atoms with E-state index in [4.69, 9.17) is 18.9 Å². The molecule has 0 radical (unpaired) electrons. The number of rotatable bonds is 6. The molecule has 1 rings (SSSR count). The van der Waals surface area contributed by atoms with Crippen molar-refractivity contribution in [3.63, 3.8) is 0 Å². The molecule has 0 aromatic heterocycles. The fourth-order valence-electron chi connectivity index (χ4n) is 2.23. The Morgan fingerprint density at radius 3 is 1.54 bits per heavy atom. The van der Waals surface area contributed by atoms with Crippen molar-refractivity contribution in [2.45, 2.75) is 103 Å². The minimum absolute atomic E-state index is 0.295. The highest BCUT2D eigenvalue weighted by molar-refractivity contribution is 5.61. The monoisotopic (exact) mass is 344 g/mol. The maximum Gasteiger partial charge on any atom is 0.509 e. The van der Waals surface area contributed by atoms with E-state index in [1.54, 1.807) is 0 Å². The lowest BCUT2D eigenvalue weighted by molar-refractivity contribution is -0.0706. The Morgan fingerprint density at radius 1 is 0.833 bits per heavy atom. The van der Waals surface area contributed by atoms with Crippen LogP contribution >= 0.6 is 0 Å². The minimum atomic E-state index is -0.665. The Balaban J connectivity index is 2.44. The third kappa shape index (κ3) is 7.41. The van der Waals surface area contributed by atoms with Crippen molar-refractivity contribution in [3.05, 3.63) is 0 Å². The Morgan fingerprint density at radius 2 is 1.21 bits per heavy atom. The fourth-order valence-corrected chi connectivity index (χ4v) is 2.23. The average Bonchev–Trinajstić information content (AvgIpc) is 2.46. The van der Waals surface area contributed by atoms with E-state index in [9.17, 15) is 9.59 Å². The van der Waals surface area contributed by atoms with Gasteiger partial charge in [-0.05, 0) is 59.8 Å². The van der Waals surface area contributed by atoms with Crippen molar-refractivity contribution in [2.24, 2.45) is 0 Å². The second-order valence-corrected chi connectivity index (χ2v) is 7.58. The highest BCUT2D eigenvalue weighted by Gasteiger charge is 2.31. The number of carbonyl (C=O) groups is 2. The van der Waals surface area contributed by atoms with Crippen molar-refractivity contribution in [2.75, 3.05) is 0 Å². The lowest BCUT2D eigenvalue weighted by atomic mass is 9.95. The van der Waals surface area contributed by atoms with E-state index in [-0.39, 0.29) is 12.2 Å². The molecule has 24 heavy (non-hydrogen) atoms. The van der Waals surface area contributed by atoms with E-state index in [0.717, 1.165) is 19.3 Å². The summed E-state index contributed by atoms with van der Waals surface area (Å²) in [5, 5.41) is 0. The summed E-state index contributed by atoms with van der Waals surface area (Å²) in [6, 6.07) is 0. The predicted octanol–water partition coefficient (Wildman–Crippen LogP) is 4.98. The van der Waals surface area contributed by atoms with Crippen LogP contribution in [0.2, 0.25) is 0 Å². The van der Waals surface area contributed by atoms with Crippen LogP contribution in [0.3, 0.4) is 0 Å². The Labute approximate surface area is 145 Å². The molecule has 2 atom stereocenters. The summed E-state index contributed by atoms with van der Waals surface area (Å²) >= 11 is 0. The number of hydrogen-bond donors (Lipinski definition) is 0. The standard InChI is InChI=1S/C18H32O6/c1-7-17(3,4)23-15(19)21-13-10-9-11-14(12-13)22-16(20)24-18(5,6)8-2/h13-14H,7-12H2,1-6H3. The molecule has 0 aromatic carbocycles. The molecule has 1 saturated carbocycles. The van der Waals surface area contributed by atoms with Gasteiger partial charge < -0.3 is 18.9 Å². The predicted molar refractivity (Wildman–Crippen MR) is 89.9 cm³/mol. The number of ether oxygens (including phenoxy) is 4. The van der Waals surface area contributed by atoms with Crippen LogP contribution in [0.15, 0.2) is 0 Å². The summed E-state index contributed by atoms with van der Waals surface area (Å²) in [5.41, 5.74) is -1.09. The van der Waals surface area contributed by atoms with Crippen molar-refractivity contribution >= 4 is 12.3 Å². The van der Waals surface area contributed by atoms with Gasteiger partial charge >= 0.3 is 12.3 Å². The first kappa shape index (κ1) is 20.6. The molecule has 0 saturated heterocycles. The van der Waals surface area contributed by atoms with Crippen LogP contribution in [-0.2, 0) is 18.9 Å². The van der Waals surface area contributed by atoms with Gasteiger partial charge in [-0.1, -0.05) is 13.8 Å². The maximum absolute atomic E-state index is 11.9. The summed E-state index contributed by atoms with van der Waals surface area (Å²) in [6.45, 7) is 11.3. The zero-order valence-corrected chi connectivity index (χ0v) is 15.8. The van der Waals surface area contributed by atoms with Crippen LogP contribution < -0.4 is 0 Å². The summed E-state index contributed by atoms with van der Waals surface area (Å²) < 4.78 is 21.3. The van der Waals surface area contributed by atoms with Gasteiger partial charge in [0, 0.05) is 6.42 Å². The van der Waals surface area contributed by atoms with Crippen molar-refractivity contribution in [1.29, 1.82) is 0 Å². The first-order valence-corrected chi connectivity index (χ1v) is 8.86. The quantitative estimate of drug-likeness (QED) is 0.633. The molecule has 2 unspecified atom stereocenters. The van der Waals surface area contributed by atoms with Gasteiger partial charge in [-0.25, -0.2) is 9.59 Å². The van der Waals surface area contributed by atoms with Gasteiger partial charge in [0.15, 0.2) is 0 Å². The molecule has 1 fully saturated rings. The van der Waals surface area contributed by atoms with Gasteiger partial charge in [-0.15, -0.1) is 0 Å². The highest BCUT2D eigenvalue weighted by atomic mass is 16.7. The highest BCUT2D eigenvalue weighted by Crippen LogP contribution is 2.26. The second-order valence-electron chi connectivity index (χ2n) is 7.58.